The van der Waals surface area contributed by atoms with Gasteiger partial charge in [0.25, 0.3) is 0 Å². The van der Waals surface area contributed by atoms with Crippen LogP contribution in [-0.4, -0.2) is 22.9 Å². The molecule has 0 saturated carbocycles. The third-order valence-corrected chi connectivity index (χ3v) is 4.19. The monoisotopic (exact) mass is 349 g/mol. The van der Waals surface area contributed by atoms with Crippen LogP contribution in [0, 0.1) is 13.8 Å². The molecular formula is C17H24BrN3. The molecule has 1 aromatic heterocycles. The van der Waals surface area contributed by atoms with Gasteiger partial charge in [-0.25, -0.2) is 4.68 Å². The van der Waals surface area contributed by atoms with Crippen molar-refractivity contribution >= 4 is 15.9 Å². The molecule has 0 fully saturated rings. The average Bonchev–Trinajstić information content (AvgIpc) is 2.74. The Labute approximate surface area is 135 Å². The summed E-state index contributed by atoms with van der Waals surface area (Å²) in [7, 11) is 0. The quantitative estimate of drug-likeness (QED) is 0.759. The number of hydrogen-bond acceptors (Lipinski definition) is 2. The Morgan fingerprint density at radius 3 is 2.76 bits per heavy atom. The SMILES string of the molecule is CCCNCCCc1c(C)nn(-c2cccc(Br)c2)c1C. The standard InChI is InChI=1S/C17H24BrN3/c1-4-10-19-11-6-9-17-13(2)20-21(14(17)3)16-8-5-7-15(18)12-16/h5,7-8,12,19H,4,6,9-11H2,1-3H3. The van der Waals surface area contributed by atoms with E-state index in [0.29, 0.717) is 0 Å². The first-order chi connectivity index (χ1) is 10.1. The first kappa shape index (κ1) is 16.2. The second-order valence-electron chi connectivity index (χ2n) is 5.39. The Morgan fingerprint density at radius 1 is 1.24 bits per heavy atom. The average molecular weight is 350 g/mol. The number of benzene rings is 1. The van der Waals surface area contributed by atoms with Crippen LogP contribution in [0.1, 0.15) is 36.7 Å². The van der Waals surface area contributed by atoms with Crippen molar-refractivity contribution < 1.29 is 0 Å². The molecule has 1 aromatic carbocycles. The number of nitrogens with zero attached hydrogens (tertiary/aromatic N) is 2. The molecule has 0 atom stereocenters. The lowest BCUT2D eigenvalue weighted by Gasteiger charge is -2.06. The zero-order valence-electron chi connectivity index (χ0n) is 13.1. The maximum absolute atomic E-state index is 4.71. The highest BCUT2D eigenvalue weighted by Crippen LogP contribution is 2.21. The van der Waals surface area contributed by atoms with Gasteiger partial charge in [-0.3, -0.25) is 0 Å². The third-order valence-electron chi connectivity index (χ3n) is 3.70. The Bertz CT molecular complexity index is 590. The highest BCUT2D eigenvalue weighted by atomic mass is 79.9. The molecule has 114 valence electrons. The number of halogens is 1. The molecule has 0 aliphatic heterocycles. The van der Waals surface area contributed by atoms with Gasteiger partial charge in [0.2, 0.25) is 0 Å². The van der Waals surface area contributed by atoms with Crippen molar-refractivity contribution in [3.8, 4) is 5.69 Å². The maximum Gasteiger partial charge on any atom is 0.0660 e. The number of aryl methyl sites for hydroxylation is 1. The molecule has 0 amide bonds. The molecule has 0 saturated heterocycles. The van der Waals surface area contributed by atoms with Crippen LogP contribution in [0.5, 0.6) is 0 Å². The van der Waals surface area contributed by atoms with E-state index < -0.39 is 0 Å². The molecule has 0 aliphatic rings. The maximum atomic E-state index is 4.71. The summed E-state index contributed by atoms with van der Waals surface area (Å²) >= 11 is 3.53. The van der Waals surface area contributed by atoms with Crippen LogP contribution in [0.3, 0.4) is 0 Å². The molecule has 2 rings (SSSR count). The van der Waals surface area contributed by atoms with Crippen LogP contribution in [0.2, 0.25) is 0 Å². The first-order valence-electron chi connectivity index (χ1n) is 7.65. The molecule has 1 N–H and O–H groups in total. The second kappa shape index (κ2) is 7.76. The lowest BCUT2D eigenvalue weighted by Crippen LogP contribution is -2.16. The smallest absolute Gasteiger partial charge is 0.0660 e. The van der Waals surface area contributed by atoms with Crippen molar-refractivity contribution in [2.75, 3.05) is 13.1 Å². The summed E-state index contributed by atoms with van der Waals surface area (Å²) in [5.41, 5.74) is 4.89. The van der Waals surface area contributed by atoms with E-state index in [1.54, 1.807) is 0 Å². The molecule has 0 aliphatic carbocycles. The Balaban J connectivity index is 2.10. The summed E-state index contributed by atoms with van der Waals surface area (Å²) in [5.74, 6) is 0. The van der Waals surface area contributed by atoms with Crippen molar-refractivity contribution in [3.05, 3.63) is 45.7 Å². The van der Waals surface area contributed by atoms with Gasteiger partial charge in [0, 0.05) is 10.2 Å². The molecular weight excluding hydrogens is 326 g/mol. The fraction of sp³-hybridized carbons (Fsp3) is 0.471. The van der Waals surface area contributed by atoms with Crippen molar-refractivity contribution in [2.45, 2.75) is 40.0 Å². The third kappa shape index (κ3) is 4.17. The summed E-state index contributed by atoms with van der Waals surface area (Å²) in [6.45, 7) is 8.65. The number of rotatable bonds is 7. The predicted octanol–water partition coefficient (Wildman–Crippen LogP) is 4.18. The minimum Gasteiger partial charge on any atom is -0.317 e. The minimum atomic E-state index is 1.08. The lowest BCUT2D eigenvalue weighted by molar-refractivity contribution is 0.638. The van der Waals surface area contributed by atoms with Crippen molar-refractivity contribution in [3.63, 3.8) is 0 Å². The zero-order valence-corrected chi connectivity index (χ0v) is 14.7. The van der Waals surface area contributed by atoms with Gasteiger partial charge in [-0.15, -0.1) is 0 Å². The predicted molar refractivity (Wildman–Crippen MR) is 92.2 cm³/mol. The normalized spacial score (nSPS) is 11.0. The summed E-state index contributed by atoms with van der Waals surface area (Å²) < 4.78 is 3.13. The Morgan fingerprint density at radius 2 is 2.05 bits per heavy atom. The number of nitrogens with one attached hydrogen (secondary N) is 1. The molecule has 3 nitrogen and oxygen atoms in total. The Hall–Kier alpha value is -1.13. The number of hydrogen-bond donors (Lipinski definition) is 1. The van der Waals surface area contributed by atoms with E-state index in [1.165, 1.54) is 17.7 Å². The van der Waals surface area contributed by atoms with Crippen molar-refractivity contribution in [2.24, 2.45) is 0 Å². The van der Waals surface area contributed by atoms with Gasteiger partial charge in [0.05, 0.1) is 11.4 Å². The van der Waals surface area contributed by atoms with Gasteiger partial charge in [0.15, 0.2) is 0 Å². The first-order valence-corrected chi connectivity index (χ1v) is 8.44. The molecule has 2 aromatic rings. The highest BCUT2D eigenvalue weighted by molar-refractivity contribution is 9.10. The van der Waals surface area contributed by atoms with Crippen LogP contribution >= 0.6 is 15.9 Å². The summed E-state index contributed by atoms with van der Waals surface area (Å²) in [6.07, 6.45) is 3.44. The Kier molecular flexibility index (Phi) is 6.00. The van der Waals surface area contributed by atoms with E-state index in [0.717, 1.165) is 41.8 Å². The highest BCUT2D eigenvalue weighted by Gasteiger charge is 2.12. The van der Waals surface area contributed by atoms with Crippen LogP contribution in [0.4, 0.5) is 0 Å². The zero-order chi connectivity index (χ0) is 15.2. The van der Waals surface area contributed by atoms with E-state index in [-0.39, 0.29) is 0 Å². The second-order valence-corrected chi connectivity index (χ2v) is 6.31. The largest absolute Gasteiger partial charge is 0.317 e. The molecule has 1 heterocycles. The molecule has 0 spiro atoms. The van der Waals surface area contributed by atoms with E-state index >= 15 is 0 Å². The summed E-state index contributed by atoms with van der Waals surface area (Å²) in [6, 6.07) is 8.28. The van der Waals surface area contributed by atoms with Gasteiger partial charge in [0.1, 0.15) is 0 Å². The molecule has 0 unspecified atom stereocenters. The van der Waals surface area contributed by atoms with E-state index in [9.17, 15) is 0 Å². The van der Waals surface area contributed by atoms with Gasteiger partial charge in [-0.2, -0.15) is 5.10 Å². The van der Waals surface area contributed by atoms with E-state index in [1.807, 2.05) is 12.1 Å². The molecule has 0 bridgehead atoms. The summed E-state index contributed by atoms with van der Waals surface area (Å²) in [4.78, 5) is 0. The molecule has 21 heavy (non-hydrogen) atoms. The van der Waals surface area contributed by atoms with Crippen LogP contribution in [-0.2, 0) is 6.42 Å². The van der Waals surface area contributed by atoms with E-state index in [4.69, 9.17) is 5.10 Å². The van der Waals surface area contributed by atoms with Crippen molar-refractivity contribution in [1.29, 1.82) is 0 Å². The minimum absolute atomic E-state index is 1.08. The van der Waals surface area contributed by atoms with E-state index in [2.05, 4.69) is 58.8 Å². The van der Waals surface area contributed by atoms with Gasteiger partial charge in [-0.1, -0.05) is 28.9 Å². The van der Waals surface area contributed by atoms with Gasteiger partial charge < -0.3 is 5.32 Å². The fourth-order valence-electron chi connectivity index (χ4n) is 2.59. The molecule has 4 heteroatoms. The van der Waals surface area contributed by atoms with Crippen LogP contribution in [0.15, 0.2) is 28.7 Å². The summed E-state index contributed by atoms with van der Waals surface area (Å²) in [5, 5.41) is 8.17. The van der Waals surface area contributed by atoms with Crippen molar-refractivity contribution in [1.82, 2.24) is 15.1 Å². The molecule has 0 radical (unpaired) electrons. The lowest BCUT2D eigenvalue weighted by atomic mass is 10.1. The topological polar surface area (TPSA) is 29.9 Å². The number of aromatic nitrogens is 2. The van der Waals surface area contributed by atoms with Crippen LogP contribution < -0.4 is 5.32 Å². The van der Waals surface area contributed by atoms with Gasteiger partial charge in [-0.05, 0) is 70.0 Å². The van der Waals surface area contributed by atoms with Gasteiger partial charge >= 0.3 is 0 Å². The van der Waals surface area contributed by atoms with Crippen LogP contribution in [0.25, 0.3) is 5.69 Å². The fourth-order valence-corrected chi connectivity index (χ4v) is 2.98.